The van der Waals surface area contributed by atoms with E-state index < -0.39 is 12.1 Å². The van der Waals surface area contributed by atoms with Crippen LogP contribution in [0.2, 0.25) is 0 Å². The van der Waals surface area contributed by atoms with E-state index in [2.05, 4.69) is 53.4 Å². The molecule has 1 fully saturated rings. The van der Waals surface area contributed by atoms with Gasteiger partial charge in [0.1, 0.15) is 0 Å². The van der Waals surface area contributed by atoms with Crippen LogP contribution in [0.4, 0.5) is 11.4 Å². The lowest BCUT2D eigenvalue weighted by Gasteiger charge is -2.31. The number of anilines is 2. The molecule has 0 unspecified atom stereocenters. The van der Waals surface area contributed by atoms with Crippen LogP contribution in [0.1, 0.15) is 36.8 Å². The number of ether oxygens (including phenoxy) is 1. The molecule has 0 aliphatic heterocycles. The Morgan fingerprint density at radius 3 is 2.26 bits per heavy atom. The molecule has 0 bridgehead atoms. The predicted octanol–water partition coefficient (Wildman–Crippen LogP) is 5.69. The number of amides is 1. The van der Waals surface area contributed by atoms with E-state index in [0.717, 1.165) is 52.9 Å². The normalized spacial score (nSPS) is 17.3. The zero-order valence-electron chi connectivity index (χ0n) is 22.3. The molecule has 1 aliphatic rings. The molecule has 2 atom stereocenters. The maximum atomic E-state index is 13.8. The zero-order valence-corrected chi connectivity index (χ0v) is 22.3. The topological polar surface area (TPSA) is 70.1 Å². The van der Waals surface area contributed by atoms with Crippen molar-refractivity contribution < 1.29 is 19.4 Å². The van der Waals surface area contributed by atoms with Crippen molar-refractivity contribution in [2.24, 2.45) is 5.92 Å². The van der Waals surface area contributed by atoms with Crippen LogP contribution in [0.5, 0.6) is 0 Å². The van der Waals surface area contributed by atoms with Gasteiger partial charge < -0.3 is 19.6 Å². The first-order valence-electron chi connectivity index (χ1n) is 13.1. The molecule has 0 heterocycles. The van der Waals surface area contributed by atoms with Gasteiger partial charge in [0.25, 0.3) is 0 Å². The summed E-state index contributed by atoms with van der Waals surface area (Å²) in [6.45, 7) is 0.412. The van der Waals surface area contributed by atoms with Crippen molar-refractivity contribution in [1.82, 2.24) is 0 Å². The maximum Gasteiger partial charge on any atom is 0.330 e. The molecular weight excluding hydrogens is 476 g/mol. The first kappa shape index (κ1) is 27.1. The average molecular weight is 513 g/mol. The van der Waals surface area contributed by atoms with Gasteiger partial charge in [0.05, 0.1) is 19.8 Å². The third-order valence-electron chi connectivity index (χ3n) is 7.07. The van der Waals surface area contributed by atoms with Crippen molar-refractivity contribution in [3.05, 3.63) is 90.0 Å². The third-order valence-corrected chi connectivity index (χ3v) is 7.07. The highest BCUT2D eigenvalue weighted by atomic mass is 16.5. The Hall–Kier alpha value is -3.90. The van der Waals surface area contributed by atoms with Gasteiger partial charge in [0.15, 0.2) is 0 Å². The van der Waals surface area contributed by atoms with Gasteiger partial charge in [-0.3, -0.25) is 4.79 Å². The standard InChI is InChI=1S/C32H36N2O4/c1-33(2)28-17-15-26(16-18-28)25-13-10-24(11-14-25)22-34(32(37)27-7-5-9-30(35)21-27)29-8-4-6-23(20-29)12-19-31(36)38-3/h4,6,8,10-20,27,30,35H,5,7,9,21-22H2,1-3H3/b19-12+/t27-,30-/m0/s1. The van der Waals surface area contributed by atoms with Crippen molar-refractivity contribution >= 4 is 29.3 Å². The summed E-state index contributed by atoms with van der Waals surface area (Å²) >= 11 is 0. The Morgan fingerprint density at radius 2 is 1.63 bits per heavy atom. The van der Waals surface area contributed by atoms with Crippen LogP contribution in [-0.4, -0.2) is 44.3 Å². The fourth-order valence-electron chi connectivity index (χ4n) is 4.87. The molecule has 1 N–H and O–H groups in total. The monoisotopic (exact) mass is 512 g/mol. The molecule has 198 valence electrons. The van der Waals surface area contributed by atoms with Crippen molar-refractivity contribution in [3.8, 4) is 11.1 Å². The summed E-state index contributed by atoms with van der Waals surface area (Å²) in [5, 5.41) is 10.2. The molecule has 0 aromatic heterocycles. The van der Waals surface area contributed by atoms with Crippen LogP contribution >= 0.6 is 0 Å². The first-order valence-corrected chi connectivity index (χ1v) is 13.1. The van der Waals surface area contributed by atoms with Gasteiger partial charge >= 0.3 is 5.97 Å². The Kier molecular flexibility index (Phi) is 8.98. The van der Waals surface area contributed by atoms with E-state index in [1.807, 2.05) is 38.4 Å². The molecule has 0 radical (unpaired) electrons. The van der Waals surface area contributed by atoms with Gasteiger partial charge in [-0.05, 0) is 71.9 Å². The third kappa shape index (κ3) is 6.90. The molecule has 1 saturated carbocycles. The molecule has 6 heteroatoms. The summed E-state index contributed by atoms with van der Waals surface area (Å²) < 4.78 is 4.70. The minimum absolute atomic E-state index is 0.0150. The summed E-state index contributed by atoms with van der Waals surface area (Å²) in [6, 6.07) is 24.3. The number of hydrogen-bond donors (Lipinski definition) is 1. The number of nitrogens with zero attached hydrogens (tertiary/aromatic N) is 2. The van der Waals surface area contributed by atoms with Crippen molar-refractivity contribution in [2.75, 3.05) is 31.0 Å². The summed E-state index contributed by atoms with van der Waals surface area (Å²) in [4.78, 5) is 29.2. The number of carbonyl (C=O) groups is 2. The Labute approximate surface area is 225 Å². The highest BCUT2D eigenvalue weighted by molar-refractivity contribution is 5.95. The van der Waals surface area contributed by atoms with Crippen molar-refractivity contribution in [3.63, 3.8) is 0 Å². The van der Waals surface area contributed by atoms with Crippen LogP contribution in [0.3, 0.4) is 0 Å². The summed E-state index contributed by atoms with van der Waals surface area (Å²) in [5.41, 5.74) is 5.96. The fraction of sp³-hybridized carbons (Fsp3) is 0.312. The summed E-state index contributed by atoms with van der Waals surface area (Å²) in [7, 11) is 5.39. The number of aliphatic hydroxyl groups excluding tert-OH is 1. The van der Waals surface area contributed by atoms with Gasteiger partial charge in [-0.25, -0.2) is 4.79 Å². The van der Waals surface area contributed by atoms with Crippen LogP contribution in [-0.2, 0) is 20.9 Å². The number of hydrogen-bond acceptors (Lipinski definition) is 5. The van der Waals surface area contributed by atoms with Gasteiger partial charge in [-0.1, -0.05) is 55.0 Å². The molecule has 0 saturated heterocycles. The van der Waals surface area contributed by atoms with Gasteiger partial charge in [-0.15, -0.1) is 0 Å². The van der Waals surface area contributed by atoms with E-state index in [4.69, 9.17) is 4.74 Å². The number of benzene rings is 3. The second kappa shape index (κ2) is 12.6. The minimum Gasteiger partial charge on any atom is -0.466 e. The van der Waals surface area contributed by atoms with E-state index >= 15 is 0 Å². The van der Waals surface area contributed by atoms with E-state index in [9.17, 15) is 14.7 Å². The van der Waals surface area contributed by atoms with Gasteiger partial charge in [0.2, 0.25) is 5.91 Å². The first-order chi connectivity index (χ1) is 18.3. The Morgan fingerprint density at radius 1 is 0.947 bits per heavy atom. The van der Waals surface area contributed by atoms with Crippen LogP contribution < -0.4 is 9.80 Å². The fourth-order valence-corrected chi connectivity index (χ4v) is 4.87. The minimum atomic E-state index is -0.438. The summed E-state index contributed by atoms with van der Waals surface area (Å²) in [5.74, 6) is -0.639. The van der Waals surface area contributed by atoms with E-state index in [1.54, 1.807) is 11.0 Å². The number of aliphatic hydroxyl groups is 1. The van der Waals surface area contributed by atoms with E-state index in [1.165, 1.54) is 13.2 Å². The molecule has 4 rings (SSSR count). The largest absolute Gasteiger partial charge is 0.466 e. The lowest BCUT2D eigenvalue weighted by molar-refractivity contribution is -0.134. The number of methoxy groups -OCH3 is 1. The molecule has 3 aromatic carbocycles. The van der Waals surface area contributed by atoms with Crippen LogP contribution in [0.25, 0.3) is 17.2 Å². The average Bonchev–Trinajstić information content (AvgIpc) is 2.94. The highest BCUT2D eigenvalue weighted by Gasteiger charge is 2.30. The Balaban J connectivity index is 1.59. The number of esters is 1. The van der Waals surface area contributed by atoms with Crippen LogP contribution in [0, 0.1) is 5.92 Å². The number of carbonyl (C=O) groups excluding carboxylic acids is 2. The van der Waals surface area contributed by atoms with E-state index in [0.29, 0.717) is 13.0 Å². The zero-order chi connectivity index (χ0) is 27.1. The maximum absolute atomic E-state index is 13.8. The smallest absolute Gasteiger partial charge is 0.330 e. The predicted molar refractivity (Wildman–Crippen MR) is 153 cm³/mol. The second-order valence-corrected chi connectivity index (χ2v) is 10.0. The van der Waals surface area contributed by atoms with Crippen molar-refractivity contribution in [2.45, 2.75) is 38.3 Å². The molecule has 1 amide bonds. The van der Waals surface area contributed by atoms with Crippen molar-refractivity contribution in [1.29, 1.82) is 0 Å². The molecule has 3 aromatic rings. The lowest BCUT2D eigenvalue weighted by atomic mass is 9.86. The second-order valence-electron chi connectivity index (χ2n) is 10.0. The molecule has 38 heavy (non-hydrogen) atoms. The Bertz CT molecular complexity index is 1270. The number of rotatable bonds is 8. The molecular formula is C32H36N2O4. The molecule has 1 aliphatic carbocycles. The SMILES string of the molecule is COC(=O)/C=C/c1cccc(N(Cc2ccc(-c3ccc(N(C)C)cc3)cc2)C(=O)[C@H]2CCC[C@H](O)C2)c1. The molecule has 6 nitrogen and oxygen atoms in total. The lowest BCUT2D eigenvalue weighted by Crippen LogP contribution is -2.38. The van der Waals surface area contributed by atoms with Gasteiger partial charge in [-0.2, -0.15) is 0 Å². The quantitative estimate of drug-likeness (QED) is 0.310. The summed E-state index contributed by atoms with van der Waals surface area (Å²) in [6.07, 6.45) is 5.45. The van der Waals surface area contributed by atoms with Crippen LogP contribution in [0.15, 0.2) is 78.9 Å². The highest BCUT2D eigenvalue weighted by Crippen LogP contribution is 2.30. The molecule has 0 spiro atoms. The van der Waals surface area contributed by atoms with Gasteiger partial charge in [0, 0.05) is 37.5 Å². The van der Waals surface area contributed by atoms with E-state index in [-0.39, 0.29) is 11.8 Å².